The van der Waals surface area contributed by atoms with Gasteiger partial charge in [-0.3, -0.25) is 4.79 Å². The number of aromatic carboxylic acids is 1. The van der Waals surface area contributed by atoms with Crippen molar-refractivity contribution in [3.8, 4) is 11.5 Å². The van der Waals surface area contributed by atoms with Crippen molar-refractivity contribution < 1.29 is 33.7 Å². The van der Waals surface area contributed by atoms with Crippen LogP contribution in [0, 0.1) is 0 Å². The zero-order valence-corrected chi connectivity index (χ0v) is 26.6. The van der Waals surface area contributed by atoms with Crippen molar-refractivity contribution in [3.63, 3.8) is 0 Å². The SMILES string of the molecule is COc1cc(CC(=O)N2[C@@H](COCc3ccccc3)CC[C@H]2COc2ccc(C(=O)O)cc2)ccc1NC(=O)Nc1ccccc1Cl. The van der Waals surface area contributed by atoms with Crippen LogP contribution < -0.4 is 20.1 Å². The van der Waals surface area contributed by atoms with Gasteiger partial charge in [0.2, 0.25) is 5.91 Å². The monoisotopic (exact) mass is 657 g/mol. The van der Waals surface area contributed by atoms with Gasteiger partial charge in [0.25, 0.3) is 0 Å². The molecular weight excluding hydrogens is 622 g/mol. The summed E-state index contributed by atoms with van der Waals surface area (Å²) >= 11 is 6.16. The topological polar surface area (TPSA) is 126 Å². The van der Waals surface area contributed by atoms with Crippen LogP contribution >= 0.6 is 11.6 Å². The lowest BCUT2D eigenvalue weighted by Crippen LogP contribution is -2.46. The summed E-state index contributed by atoms with van der Waals surface area (Å²) in [6.07, 6.45) is 1.58. The van der Waals surface area contributed by atoms with Crippen LogP contribution in [0.5, 0.6) is 11.5 Å². The Morgan fingerprint density at radius 2 is 1.51 bits per heavy atom. The van der Waals surface area contributed by atoms with Crippen LogP contribution in [-0.4, -0.2) is 60.3 Å². The molecular formula is C36H36ClN3O7. The van der Waals surface area contributed by atoms with Crippen molar-refractivity contribution in [3.05, 3.63) is 119 Å². The molecule has 0 bridgehead atoms. The first-order valence-electron chi connectivity index (χ1n) is 15.2. The quantitative estimate of drug-likeness (QED) is 0.143. The van der Waals surface area contributed by atoms with E-state index in [1.807, 2.05) is 35.2 Å². The molecule has 11 heteroatoms. The number of urea groups is 1. The van der Waals surface area contributed by atoms with Gasteiger partial charge in [0, 0.05) is 0 Å². The van der Waals surface area contributed by atoms with E-state index in [-0.39, 0.29) is 36.6 Å². The van der Waals surface area contributed by atoms with Gasteiger partial charge in [-0.1, -0.05) is 60.1 Å². The number of carbonyl (C=O) groups excluding carboxylic acids is 2. The highest BCUT2D eigenvalue weighted by molar-refractivity contribution is 6.33. The Bertz CT molecular complexity index is 1680. The van der Waals surface area contributed by atoms with Gasteiger partial charge in [0.15, 0.2) is 0 Å². The highest BCUT2D eigenvalue weighted by atomic mass is 35.5. The molecule has 1 aliphatic heterocycles. The molecule has 3 amide bonds. The number of ether oxygens (including phenoxy) is 3. The average Bonchev–Trinajstić information content (AvgIpc) is 3.49. The molecule has 4 aromatic carbocycles. The first-order chi connectivity index (χ1) is 22.8. The zero-order valence-electron chi connectivity index (χ0n) is 25.9. The van der Waals surface area contributed by atoms with Gasteiger partial charge >= 0.3 is 12.0 Å². The summed E-state index contributed by atoms with van der Waals surface area (Å²) in [5.74, 6) is -0.177. The molecule has 1 saturated heterocycles. The number of nitrogens with zero attached hydrogens (tertiary/aromatic N) is 1. The van der Waals surface area contributed by atoms with Gasteiger partial charge in [0.1, 0.15) is 18.1 Å². The Balaban J connectivity index is 1.26. The number of amides is 3. The van der Waals surface area contributed by atoms with Crippen molar-refractivity contribution in [2.24, 2.45) is 0 Å². The smallest absolute Gasteiger partial charge is 0.335 e. The molecule has 1 aliphatic rings. The second-order valence-corrected chi connectivity index (χ2v) is 11.5. The van der Waals surface area contributed by atoms with Crippen LogP contribution in [-0.2, 0) is 22.6 Å². The fourth-order valence-electron chi connectivity index (χ4n) is 5.52. The van der Waals surface area contributed by atoms with Crippen LogP contribution in [0.3, 0.4) is 0 Å². The molecule has 0 unspecified atom stereocenters. The summed E-state index contributed by atoms with van der Waals surface area (Å²) in [5, 5.41) is 15.1. The number of hydrogen-bond acceptors (Lipinski definition) is 6. The number of likely N-dealkylation sites (tertiary alicyclic amines) is 1. The Labute approximate surface area is 278 Å². The fraction of sp³-hybridized carbons (Fsp3) is 0.250. The number of halogens is 1. The molecule has 1 fully saturated rings. The van der Waals surface area contributed by atoms with Crippen molar-refractivity contribution in [2.75, 3.05) is 31.0 Å². The van der Waals surface area contributed by atoms with Gasteiger partial charge in [-0.25, -0.2) is 9.59 Å². The molecule has 0 saturated carbocycles. The second-order valence-electron chi connectivity index (χ2n) is 11.1. The molecule has 2 atom stereocenters. The van der Waals surface area contributed by atoms with Crippen molar-refractivity contribution in [1.82, 2.24) is 4.90 Å². The number of carboxylic acid groups (broad SMARTS) is 1. The zero-order chi connectivity index (χ0) is 33.2. The van der Waals surface area contributed by atoms with E-state index in [0.717, 1.165) is 18.4 Å². The number of para-hydroxylation sites is 1. The molecule has 1 heterocycles. The molecule has 0 aromatic heterocycles. The summed E-state index contributed by atoms with van der Waals surface area (Å²) < 4.78 is 17.6. The molecule has 0 radical (unpaired) electrons. The minimum atomic E-state index is -1.01. The largest absolute Gasteiger partial charge is 0.495 e. The maximum absolute atomic E-state index is 13.9. The van der Waals surface area contributed by atoms with Crippen LogP contribution in [0.2, 0.25) is 5.02 Å². The number of carboxylic acids is 1. The predicted octanol–water partition coefficient (Wildman–Crippen LogP) is 6.89. The number of carbonyl (C=O) groups is 3. The molecule has 10 nitrogen and oxygen atoms in total. The van der Waals surface area contributed by atoms with E-state index in [9.17, 15) is 19.5 Å². The van der Waals surface area contributed by atoms with Crippen LogP contribution in [0.1, 0.15) is 34.3 Å². The maximum Gasteiger partial charge on any atom is 0.335 e. The van der Waals surface area contributed by atoms with Crippen LogP contribution in [0.25, 0.3) is 0 Å². The number of benzene rings is 4. The van der Waals surface area contributed by atoms with E-state index in [1.54, 1.807) is 54.6 Å². The first-order valence-corrected chi connectivity index (χ1v) is 15.6. The van der Waals surface area contributed by atoms with Gasteiger partial charge in [-0.05, 0) is 72.5 Å². The summed E-state index contributed by atoms with van der Waals surface area (Å²) in [4.78, 5) is 39.6. The maximum atomic E-state index is 13.9. The number of hydrogen-bond donors (Lipinski definition) is 3. The van der Waals surface area contributed by atoms with Crippen molar-refractivity contribution >= 4 is 40.9 Å². The van der Waals surface area contributed by atoms with Gasteiger partial charge < -0.3 is 34.9 Å². The molecule has 4 aromatic rings. The van der Waals surface area contributed by atoms with Gasteiger partial charge in [-0.15, -0.1) is 0 Å². The lowest BCUT2D eigenvalue weighted by atomic mass is 10.1. The highest BCUT2D eigenvalue weighted by Crippen LogP contribution is 2.30. The van der Waals surface area contributed by atoms with E-state index in [0.29, 0.717) is 46.7 Å². The van der Waals surface area contributed by atoms with E-state index < -0.39 is 12.0 Å². The third kappa shape index (κ3) is 9.02. The molecule has 0 aliphatic carbocycles. The lowest BCUT2D eigenvalue weighted by Gasteiger charge is -2.30. The van der Waals surface area contributed by atoms with Crippen molar-refractivity contribution in [1.29, 1.82) is 0 Å². The highest BCUT2D eigenvalue weighted by Gasteiger charge is 2.37. The van der Waals surface area contributed by atoms with Crippen LogP contribution in [0.4, 0.5) is 16.2 Å². The standard InChI is InChI=1S/C36H36ClN3O7/c1-45-33-19-25(11-18-32(33)39-36(44)38-31-10-6-5-9-30(31)37)20-34(41)40-27(22-46-21-24-7-3-2-4-8-24)14-15-28(40)23-47-29-16-12-26(13-17-29)35(42)43/h2-13,16-19,27-28H,14-15,20-23H2,1H3,(H,42,43)(H2,38,39,44)/t27-,28+/m1/s1. The third-order valence-corrected chi connectivity index (χ3v) is 8.19. The summed E-state index contributed by atoms with van der Waals surface area (Å²) in [5.41, 5.74) is 2.83. The van der Waals surface area contributed by atoms with Crippen molar-refractivity contribution in [2.45, 2.75) is 38.0 Å². The summed E-state index contributed by atoms with van der Waals surface area (Å²) in [7, 11) is 1.50. The van der Waals surface area contributed by atoms with Gasteiger partial charge in [0.05, 0.1) is 60.8 Å². The number of anilines is 2. The molecule has 47 heavy (non-hydrogen) atoms. The number of nitrogens with one attached hydrogen (secondary N) is 2. The molecule has 5 rings (SSSR count). The van der Waals surface area contributed by atoms with E-state index in [2.05, 4.69) is 10.6 Å². The Hall–Kier alpha value is -5.06. The summed E-state index contributed by atoms with van der Waals surface area (Å²) in [6, 6.07) is 27.3. The lowest BCUT2D eigenvalue weighted by molar-refractivity contribution is -0.135. The Morgan fingerprint density at radius 1 is 0.830 bits per heavy atom. The second kappa shape index (κ2) is 16.0. The Morgan fingerprint density at radius 3 is 2.21 bits per heavy atom. The van der Waals surface area contributed by atoms with Gasteiger partial charge in [-0.2, -0.15) is 0 Å². The summed E-state index contributed by atoms with van der Waals surface area (Å²) in [6.45, 7) is 1.06. The normalized spacial score (nSPS) is 15.6. The fourth-order valence-corrected chi connectivity index (χ4v) is 5.71. The Kier molecular flexibility index (Phi) is 11.3. The van der Waals surface area contributed by atoms with E-state index in [1.165, 1.54) is 19.2 Å². The number of rotatable bonds is 13. The predicted molar refractivity (Wildman–Crippen MR) is 179 cm³/mol. The molecule has 244 valence electrons. The minimum Gasteiger partial charge on any atom is -0.495 e. The number of methoxy groups -OCH3 is 1. The molecule has 3 N–H and O–H groups in total. The van der Waals surface area contributed by atoms with Crippen LogP contribution in [0.15, 0.2) is 97.1 Å². The van der Waals surface area contributed by atoms with E-state index in [4.69, 9.17) is 25.8 Å². The van der Waals surface area contributed by atoms with E-state index >= 15 is 0 Å². The third-order valence-electron chi connectivity index (χ3n) is 7.86. The minimum absolute atomic E-state index is 0.0927. The first kappa shape index (κ1) is 33.3. The molecule has 0 spiro atoms. The average molecular weight is 658 g/mol.